The van der Waals surface area contributed by atoms with Crippen molar-refractivity contribution in [2.45, 2.75) is 13.3 Å². The molecule has 1 aromatic heterocycles. The SMILES string of the molecule is CC(=O)NCCc1[nH]c(Br)nc1Br. The van der Waals surface area contributed by atoms with Crippen molar-refractivity contribution in [1.82, 2.24) is 15.3 Å². The summed E-state index contributed by atoms with van der Waals surface area (Å²) in [7, 11) is 0. The van der Waals surface area contributed by atoms with E-state index in [4.69, 9.17) is 0 Å². The zero-order valence-corrected chi connectivity index (χ0v) is 10.2. The van der Waals surface area contributed by atoms with Gasteiger partial charge in [-0.1, -0.05) is 0 Å². The molecule has 1 heterocycles. The van der Waals surface area contributed by atoms with E-state index in [1.165, 1.54) is 6.92 Å². The Hall–Kier alpha value is -0.360. The molecule has 0 aromatic carbocycles. The van der Waals surface area contributed by atoms with Crippen molar-refractivity contribution in [1.29, 1.82) is 0 Å². The van der Waals surface area contributed by atoms with Crippen LogP contribution in [0.4, 0.5) is 0 Å². The maximum atomic E-state index is 10.6. The number of carbonyl (C=O) groups excluding carboxylic acids is 1. The van der Waals surface area contributed by atoms with Gasteiger partial charge in [-0.3, -0.25) is 4.79 Å². The molecule has 0 aliphatic heterocycles. The smallest absolute Gasteiger partial charge is 0.216 e. The number of imidazole rings is 1. The van der Waals surface area contributed by atoms with Crippen LogP contribution in [0.25, 0.3) is 0 Å². The fraction of sp³-hybridized carbons (Fsp3) is 0.429. The molecule has 0 aliphatic carbocycles. The van der Waals surface area contributed by atoms with Crippen LogP contribution >= 0.6 is 31.9 Å². The standard InChI is InChI=1S/C7H9Br2N3O/c1-4(13)10-3-2-5-6(8)12-7(9)11-5/h2-3H2,1H3,(H,10,13)(H,11,12). The van der Waals surface area contributed by atoms with Crippen LogP contribution in [0.1, 0.15) is 12.6 Å². The molecule has 0 atom stereocenters. The summed E-state index contributed by atoms with van der Waals surface area (Å²) in [6.07, 6.45) is 0.735. The van der Waals surface area contributed by atoms with Crippen molar-refractivity contribution in [2.75, 3.05) is 6.54 Å². The van der Waals surface area contributed by atoms with E-state index in [-0.39, 0.29) is 5.91 Å². The van der Waals surface area contributed by atoms with E-state index in [1.807, 2.05) is 0 Å². The highest BCUT2D eigenvalue weighted by Crippen LogP contribution is 2.16. The summed E-state index contributed by atoms with van der Waals surface area (Å²) in [6, 6.07) is 0. The molecule has 0 radical (unpaired) electrons. The Balaban J connectivity index is 2.45. The Morgan fingerprint density at radius 1 is 1.62 bits per heavy atom. The summed E-state index contributed by atoms with van der Waals surface area (Å²) in [5.41, 5.74) is 0.973. The normalized spacial score (nSPS) is 10.1. The summed E-state index contributed by atoms with van der Waals surface area (Å²) in [4.78, 5) is 17.7. The second-order valence-corrected chi connectivity index (χ2v) is 4.03. The van der Waals surface area contributed by atoms with Crippen molar-refractivity contribution < 1.29 is 4.79 Å². The van der Waals surface area contributed by atoms with Crippen molar-refractivity contribution in [3.63, 3.8) is 0 Å². The number of amides is 1. The molecule has 72 valence electrons. The minimum absolute atomic E-state index is 0.0188. The largest absolute Gasteiger partial charge is 0.356 e. The van der Waals surface area contributed by atoms with E-state index in [9.17, 15) is 4.79 Å². The van der Waals surface area contributed by atoms with Crippen molar-refractivity contribution in [3.8, 4) is 0 Å². The van der Waals surface area contributed by atoms with Crippen LogP contribution in [0, 0.1) is 0 Å². The lowest BCUT2D eigenvalue weighted by Gasteiger charge is -1.99. The fourth-order valence-corrected chi connectivity index (χ4v) is 2.02. The lowest BCUT2D eigenvalue weighted by Crippen LogP contribution is -2.22. The molecule has 6 heteroatoms. The molecule has 0 saturated heterocycles. The lowest BCUT2D eigenvalue weighted by molar-refractivity contribution is -0.118. The van der Waals surface area contributed by atoms with Crippen LogP contribution < -0.4 is 5.32 Å². The Kier molecular flexibility index (Phi) is 3.92. The summed E-state index contributed by atoms with van der Waals surface area (Å²) in [5, 5.41) is 2.71. The Bertz CT molecular complexity index is 311. The third-order valence-electron chi connectivity index (χ3n) is 1.45. The molecule has 0 bridgehead atoms. The van der Waals surface area contributed by atoms with Gasteiger partial charge >= 0.3 is 0 Å². The van der Waals surface area contributed by atoms with Crippen LogP contribution in [-0.4, -0.2) is 22.4 Å². The highest BCUT2D eigenvalue weighted by molar-refractivity contribution is 9.11. The average Bonchev–Trinajstić information content (AvgIpc) is 2.29. The number of rotatable bonds is 3. The predicted octanol–water partition coefficient (Wildman–Crippen LogP) is 1.61. The first-order chi connectivity index (χ1) is 6.09. The molecule has 1 aromatic rings. The first-order valence-electron chi connectivity index (χ1n) is 3.74. The van der Waals surface area contributed by atoms with Crippen LogP contribution in [0.5, 0.6) is 0 Å². The molecule has 1 amide bonds. The fourth-order valence-electron chi connectivity index (χ4n) is 0.887. The molecular weight excluding hydrogens is 302 g/mol. The molecular formula is C7H9Br2N3O. The number of halogens is 2. The van der Waals surface area contributed by atoms with Gasteiger partial charge in [0.25, 0.3) is 0 Å². The second kappa shape index (κ2) is 4.76. The van der Waals surface area contributed by atoms with E-state index in [0.717, 1.165) is 16.7 Å². The Labute approximate surface area is 92.8 Å². The number of nitrogens with one attached hydrogen (secondary N) is 2. The van der Waals surface area contributed by atoms with Gasteiger partial charge < -0.3 is 10.3 Å². The first-order valence-corrected chi connectivity index (χ1v) is 5.32. The van der Waals surface area contributed by atoms with Crippen molar-refractivity contribution in [3.05, 3.63) is 15.0 Å². The summed E-state index contributed by atoms with van der Waals surface area (Å²) >= 11 is 6.52. The third kappa shape index (κ3) is 3.48. The quantitative estimate of drug-likeness (QED) is 0.891. The van der Waals surface area contributed by atoms with Crippen LogP contribution in [-0.2, 0) is 11.2 Å². The van der Waals surface area contributed by atoms with E-state index in [2.05, 4.69) is 47.1 Å². The van der Waals surface area contributed by atoms with Crippen molar-refractivity contribution in [2.24, 2.45) is 0 Å². The molecule has 13 heavy (non-hydrogen) atoms. The maximum absolute atomic E-state index is 10.6. The van der Waals surface area contributed by atoms with Gasteiger partial charge in [0.2, 0.25) is 5.91 Å². The molecule has 0 aliphatic rings. The van der Waals surface area contributed by atoms with Gasteiger partial charge in [0.05, 0.1) is 5.69 Å². The van der Waals surface area contributed by atoms with Gasteiger partial charge in [0.15, 0.2) is 4.73 Å². The molecule has 2 N–H and O–H groups in total. The molecule has 0 fully saturated rings. The van der Waals surface area contributed by atoms with E-state index < -0.39 is 0 Å². The van der Waals surface area contributed by atoms with Gasteiger partial charge in [-0.15, -0.1) is 0 Å². The average molecular weight is 311 g/mol. The van der Waals surface area contributed by atoms with E-state index in [1.54, 1.807) is 0 Å². The van der Waals surface area contributed by atoms with Gasteiger partial charge in [-0.25, -0.2) is 4.98 Å². The summed E-state index contributed by atoms with van der Waals surface area (Å²) < 4.78 is 1.47. The topological polar surface area (TPSA) is 57.8 Å². The number of hydrogen-bond acceptors (Lipinski definition) is 2. The van der Waals surface area contributed by atoms with Gasteiger partial charge in [0, 0.05) is 19.9 Å². The number of carbonyl (C=O) groups is 1. The molecule has 0 saturated carbocycles. The minimum atomic E-state index is -0.0188. The molecule has 4 nitrogen and oxygen atoms in total. The van der Waals surface area contributed by atoms with Gasteiger partial charge in [-0.05, 0) is 31.9 Å². The Morgan fingerprint density at radius 2 is 2.31 bits per heavy atom. The van der Waals surface area contributed by atoms with Gasteiger partial charge in [-0.2, -0.15) is 0 Å². The highest BCUT2D eigenvalue weighted by atomic mass is 79.9. The monoisotopic (exact) mass is 309 g/mol. The summed E-state index contributed by atoms with van der Waals surface area (Å²) in [6.45, 7) is 2.11. The predicted molar refractivity (Wildman–Crippen MR) is 56.4 cm³/mol. The second-order valence-electron chi connectivity index (χ2n) is 2.53. The molecule has 1 rings (SSSR count). The number of H-pyrrole nitrogens is 1. The number of hydrogen-bond donors (Lipinski definition) is 2. The summed E-state index contributed by atoms with van der Waals surface area (Å²) in [5.74, 6) is -0.0188. The third-order valence-corrected chi connectivity index (χ3v) is 2.48. The number of aromatic amines is 1. The van der Waals surface area contributed by atoms with Crippen LogP contribution in [0.3, 0.4) is 0 Å². The maximum Gasteiger partial charge on any atom is 0.216 e. The van der Waals surface area contributed by atoms with Crippen molar-refractivity contribution >= 4 is 37.8 Å². The molecule has 0 spiro atoms. The zero-order valence-electron chi connectivity index (χ0n) is 7.03. The number of nitrogens with zero attached hydrogens (tertiary/aromatic N) is 1. The van der Waals surface area contributed by atoms with Crippen LogP contribution in [0.2, 0.25) is 0 Å². The van der Waals surface area contributed by atoms with E-state index in [0.29, 0.717) is 11.3 Å². The molecule has 0 unspecified atom stereocenters. The van der Waals surface area contributed by atoms with Crippen LogP contribution in [0.15, 0.2) is 9.34 Å². The Morgan fingerprint density at radius 3 is 2.77 bits per heavy atom. The lowest BCUT2D eigenvalue weighted by atomic mass is 10.3. The zero-order chi connectivity index (χ0) is 9.84. The minimum Gasteiger partial charge on any atom is -0.356 e. The van der Waals surface area contributed by atoms with E-state index >= 15 is 0 Å². The van der Waals surface area contributed by atoms with Gasteiger partial charge in [0.1, 0.15) is 4.60 Å². The highest BCUT2D eigenvalue weighted by Gasteiger charge is 2.05. The number of aromatic nitrogens is 2. The first kappa shape index (κ1) is 10.7.